The van der Waals surface area contributed by atoms with Gasteiger partial charge in [-0.25, -0.2) is 9.67 Å². The van der Waals surface area contributed by atoms with Crippen molar-refractivity contribution in [1.29, 1.82) is 0 Å². The van der Waals surface area contributed by atoms with Crippen molar-refractivity contribution in [3.8, 4) is 0 Å². The van der Waals surface area contributed by atoms with Crippen molar-refractivity contribution in [1.82, 2.24) is 25.0 Å². The van der Waals surface area contributed by atoms with Gasteiger partial charge >= 0.3 is 0 Å². The summed E-state index contributed by atoms with van der Waals surface area (Å²) in [6.45, 7) is 10.5. The number of carbonyl (C=O) groups is 2. The van der Waals surface area contributed by atoms with E-state index in [2.05, 4.69) is 15.4 Å². The minimum absolute atomic E-state index is 0.0692. The molecule has 2 rings (SSSR count). The van der Waals surface area contributed by atoms with Crippen molar-refractivity contribution in [3.63, 3.8) is 0 Å². The Hall–Kier alpha value is -1.92. The normalized spacial score (nSPS) is 23.4. The topological polar surface area (TPSA) is 80.1 Å². The number of hydrogen-bond acceptors (Lipinski definition) is 4. The minimum Gasteiger partial charge on any atom is -0.342 e. The van der Waals surface area contributed by atoms with E-state index < -0.39 is 12.1 Å². The second-order valence-electron chi connectivity index (χ2n) is 6.44. The molecule has 1 aliphatic heterocycles. The number of aromatic nitrogens is 3. The smallest absolute Gasteiger partial charge is 0.246 e. The third-order valence-corrected chi connectivity index (χ3v) is 3.84. The van der Waals surface area contributed by atoms with Gasteiger partial charge in [0.05, 0.1) is 6.54 Å². The molecule has 21 heavy (non-hydrogen) atoms. The van der Waals surface area contributed by atoms with Crippen molar-refractivity contribution >= 4 is 11.8 Å². The van der Waals surface area contributed by atoms with Gasteiger partial charge in [0.1, 0.15) is 24.2 Å². The van der Waals surface area contributed by atoms with Crippen LogP contribution in [0.1, 0.15) is 40.4 Å². The molecular weight excluding hydrogens is 270 g/mol. The summed E-state index contributed by atoms with van der Waals surface area (Å²) in [5.41, 5.74) is -0.330. The number of rotatable bonds is 3. The fourth-order valence-electron chi connectivity index (χ4n) is 2.45. The molecule has 2 unspecified atom stereocenters. The van der Waals surface area contributed by atoms with Gasteiger partial charge in [-0.1, -0.05) is 20.8 Å². The molecule has 1 aromatic heterocycles. The molecule has 0 spiro atoms. The van der Waals surface area contributed by atoms with Crippen LogP contribution in [-0.2, 0) is 22.7 Å². The average Bonchev–Trinajstić information content (AvgIpc) is 2.84. The van der Waals surface area contributed by atoms with E-state index in [0.29, 0.717) is 18.9 Å². The molecule has 0 aromatic carbocycles. The summed E-state index contributed by atoms with van der Waals surface area (Å²) in [5, 5.41) is 6.93. The first-order chi connectivity index (χ1) is 9.75. The summed E-state index contributed by atoms with van der Waals surface area (Å²) in [6.07, 6.45) is 1.47. The highest BCUT2D eigenvalue weighted by molar-refractivity contribution is 5.97. The largest absolute Gasteiger partial charge is 0.342 e. The molecule has 7 heteroatoms. The molecular formula is C14H23N5O2. The van der Waals surface area contributed by atoms with Crippen LogP contribution in [-0.4, -0.2) is 43.6 Å². The molecule has 0 saturated carbocycles. The van der Waals surface area contributed by atoms with Gasteiger partial charge in [-0.3, -0.25) is 9.59 Å². The summed E-state index contributed by atoms with van der Waals surface area (Å²) in [7, 11) is 0. The van der Waals surface area contributed by atoms with E-state index in [9.17, 15) is 9.59 Å². The zero-order valence-electron chi connectivity index (χ0n) is 13.3. The maximum absolute atomic E-state index is 12.7. The monoisotopic (exact) mass is 293 g/mol. The van der Waals surface area contributed by atoms with Crippen LogP contribution < -0.4 is 5.32 Å². The highest BCUT2D eigenvalue weighted by Crippen LogP contribution is 2.25. The molecule has 2 atom stereocenters. The minimum atomic E-state index is -0.515. The number of nitrogens with zero attached hydrogens (tertiary/aromatic N) is 4. The molecule has 116 valence electrons. The van der Waals surface area contributed by atoms with E-state index >= 15 is 0 Å². The Morgan fingerprint density at radius 2 is 2.00 bits per heavy atom. The molecule has 7 nitrogen and oxygen atoms in total. The third kappa shape index (κ3) is 2.91. The van der Waals surface area contributed by atoms with Gasteiger partial charge in [-0.2, -0.15) is 5.10 Å². The lowest BCUT2D eigenvalue weighted by Crippen LogP contribution is -2.65. The molecule has 0 radical (unpaired) electrons. The SMILES string of the molecule is CCn1ncnc1CN1C(=O)C(C(C)(C)C)NC(=O)C1C. The molecule has 1 aromatic rings. The first-order valence-electron chi connectivity index (χ1n) is 7.23. The van der Waals surface area contributed by atoms with E-state index in [1.165, 1.54) is 6.33 Å². The lowest BCUT2D eigenvalue weighted by atomic mass is 9.84. The zero-order chi connectivity index (χ0) is 15.8. The predicted molar refractivity (Wildman–Crippen MR) is 77.1 cm³/mol. The van der Waals surface area contributed by atoms with E-state index in [0.717, 1.165) is 0 Å². The maximum atomic E-state index is 12.7. The second-order valence-corrected chi connectivity index (χ2v) is 6.44. The van der Waals surface area contributed by atoms with Crippen LogP contribution in [0.15, 0.2) is 6.33 Å². The lowest BCUT2D eigenvalue weighted by molar-refractivity contribution is -0.152. The summed E-state index contributed by atoms with van der Waals surface area (Å²) >= 11 is 0. The summed E-state index contributed by atoms with van der Waals surface area (Å²) in [4.78, 5) is 30.6. The zero-order valence-corrected chi connectivity index (χ0v) is 13.3. The van der Waals surface area contributed by atoms with Crippen molar-refractivity contribution in [2.24, 2.45) is 5.41 Å². The third-order valence-electron chi connectivity index (χ3n) is 3.84. The molecule has 2 amide bonds. The van der Waals surface area contributed by atoms with Gasteiger partial charge in [-0.15, -0.1) is 0 Å². The molecule has 0 aliphatic carbocycles. The standard InChI is InChI=1S/C14H23N5O2/c1-6-19-10(15-8-16-19)7-18-9(2)12(20)17-11(13(18)21)14(3,4)5/h8-9,11H,6-7H2,1-5H3,(H,17,20). The highest BCUT2D eigenvalue weighted by Gasteiger charge is 2.43. The summed E-state index contributed by atoms with van der Waals surface area (Å²) in [6, 6.07) is -1.02. The molecule has 0 bridgehead atoms. The van der Waals surface area contributed by atoms with Crippen LogP contribution in [0.2, 0.25) is 0 Å². The van der Waals surface area contributed by atoms with Crippen LogP contribution in [0.5, 0.6) is 0 Å². The Morgan fingerprint density at radius 1 is 1.33 bits per heavy atom. The van der Waals surface area contributed by atoms with Crippen LogP contribution in [0.3, 0.4) is 0 Å². The van der Waals surface area contributed by atoms with Gasteiger partial charge < -0.3 is 10.2 Å². The molecule has 2 heterocycles. The highest BCUT2D eigenvalue weighted by atomic mass is 16.2. The van der Waals surface area contributed by atoms with E-state index in [1.807, 2.05) is 27.7 Å². The van der Waals surface area contributed by atoms with Gasteiger partial charge in [0.25, 0.3) is 0 Å². The lowest BCUT2D eigenvalue weighted by Gasteiger charge is -2.42. The van der Waals surface area contributed by atoms with Crippen molar-refractivity contribution < 1.29 is 9.59 Å². The van der Waals surface area contributed by atoms with Gasteiger partial charge in [-0.05, 0) is 19.3 Å². The first kappa shape index (κ1) is 15.5. The Kier molecular flexibility index (Phi) is 4.02. The average molecular weight is 293 g/mol. The number of nitrogens with one attached hydrogen (secondary N) is 1. The Morgan fingerprint density at radius 3 is 2.57 bits per heavy atom. The number of hydrogen-bond donors (Lipinski definition) is 1. The van der Waals surface area contributed by atoms with Crippen LogP contribution in [0.25, 0.3) is 0 Å². The number of aryl methyl sites for hydroxylation is 1. The Labute approximate surface area is 124 Å². The van der Waals surface area contributed by atoms with E-state index in [-0.39, 0.29) is 17.2 Å². The molecule has 1 N–H and O–H groups in total. The van der Waals surface area contributed by atoms with Gasteiger partial charge in [0.2, 0.25) is 11.8 Å². The molecule has 1 aliphatic rings. The Balaban J connectivity index is 2.27. The quantitative estimate of drug-likeness (QED) is 0.883. The summed E-state index contributed by atoms with van der Waals surface area (Å²) < 4.78 is 1.73. The molecule has 1 saturated heterocycles. The number of piperazine rings is 1. The van der Waals surface area contributed by atoms with E-state index in [4.69, 9.17) is 0 Å². The van der Waals surface area contributed by atoms with Crippen LogP contribution >= 0.6 is 0 Å². The van der Waals surface area contributed by atoms with Crippen molar-refractivity contribution in [2.45, 2.75) is 59.8 Å². The Bertz CT molecular complexity index is 546. The number of carbonyl (C=O) groups excluding carboxylic acids is 2. The van der Waals surface area contributed by atoms with Gasteiger partial charge in [0, 0.05) is 6.54 Å². The van der Waals surface area contributed by atoms with Crippen LogP contribution in [0.4, 0.5) is 0 Å². The second kappa shape index (κ2) is 5.46. The van der Waals surface area contributed by atoms with Crippen molar-refractivity contribution in [2.75, 3.05) is 0 Å². The molecule has 1 fully saturated rings. The van der Waals surface area contributed by atoms with Crippen molar-refractivity contribution in [3.05, 3.63) is 12.2 Å². The summed E-state index contributed by atoms with van der Waals surface area (Å²) in [5.74, 6) is 0.498. The predicted octanol–water partition coefficient (Wildman–Crippen LogP) is 0.560. The first-order valence-corrected chi connectivity index (χ1v) is 7.23. The number of amides is 2. The fraction of sp³-hybridized carbons (Fsp3) is 0.714. The van der Waals surface area contributed by atoms with E-state index in [1.54, 1.807) is 16.5 Å². The van der Waals surface area contributed by atoms with Gasteiger partial charge in [0.15, 0.2) is 0 Å². The fourth-order valence-corrected chi connectivity index (χ4v) is 2.45. The maximum Gasteiger partial charge on any atom is 0.246 e. The van der Waals surface area contributed by atoms with Crippen LogP contribution in [0, 0.1) is 5.41 Å².